The van der Waals surface area contributed by atoms with E-state index in [0.29, 0.717) is 22.9 Å². The molecule has 0 aliphatic heterocycles. The molecule has 0 spiro atoms. The molecule has 6 nitrogen and oxygen atoms in total. The summed E-state index contributed by atoms with van der Waals surface area (Å²) in [4.78, 5) is 12.5. The summed E-state index contributed by atoms with van der Waals surface area (Å²) in [5, 5.41) is 7.64. The second-order valence-electron chi connectivity index (χ2n) is 6.03. The first-order valence-electron chi connectivity index (χ1n) is 8.45. The predicted octanol–water partition coefficient (Wildman–Crippen LogP) is 4.43. The lowest BCUT2D eigenvalue weighted by molar-refractivity contribution is -0.119. The normalized spacial score (nSPS) is 12.1. The van der Waals surface area contributed by atoms with Gasteiger partial charge in [-0.05, 0) is 32.9 Å². The highest BCUT2D eigenvalue weighted by Crippen LogP contribution is 2.32. The van der Waals surface area contributed by atoms with Crippen molar-refractivity contribution in [2.75, 3.05) is 11.9 Å². The quantitative estimate of drug-likeness (QED) is 0.710. The number of carbonyl (C=O) groups excluding carboxylic acids is 1. The predicted molar refractivity (Wildman–Crippen MR) is 98.7 cm³/mol. The number of rotatable bonds is 8. The summed E-state index contributed by atoms with van der Waals surface area (Å²) in [6, 6.07) is 4.26. The topological polar surface area (TPSA) is 65.4 Å². The van der Waals surface area contributed by atoms with Gasteiger partial charge in [0.15, 0.2) is 11.5 Å². The maximum Gasteiger partial charge on any atom is 0.387 e. The summed E-state index contributed by atoms with van der Waals surface area (Å²) in [5.41, 5.74) is 1.92. The smallest absolute Gasteiger partial charge is 0.387 e. The number of alkyl halides is 2. The number of ether oxygens (including phenoxy) is 2. The Morgan fingerprint density at radius 2 is 2.04 bits per heavy atom. The third-order valence-corrected chi connectivity index (χ3v) is 4.46. The second-order valence-corrected chi connectivity index (χ2v) is 6.41. The molecule has 0 aliphatic carbocycles. The minimum Gasteiger partial charge on any atom is -0.490 e. The molecular formula is C18H22ClF2N3O3. The summed E-state index contributed by atoms with van der Waals surface area (Å²) in [7, 11) is 0. The van der Waals surface area contributed by atoms with Crippen LogP contribution in [0.4, 0.5) is 14.5 Å². The van der Waals surface area contributed by atoms with Gasteiger partial charge in [-0.3, -0.25) is 9.48 Å². The van der Waals surface area contributed by atoms with Crippen LogP contribution < -0.4 is 14.8 Å². The van der Waals surface area contributed by atoms with E-state index >= 15 is 0 Å². The Labute approximate surface area is 161 Å². The van der Waals surface area contributed by atoms with Gasteiger partial charge < -0.3 is 14.8 Å². The molecule has 0 saturated carbocycles. The van der Waals surface area contributed by atoms with E-state index < -0.39 is 12.5 Å². The zero-order chi connectivity index (χ0) is 20.1. The molecule has 1 unspecified atom stereocenters. The van der Waals surface area contributed by atoms with E-state index in [4.69, 9.17) is 16.3 Å². The Morgan fingerprint density at radius 1 is 1.33 bits per heavy atom. The third-order valence-electron chi connectivity index (χ3n) is 3.91. The number of amides is 1. The van der Waals surface area contributed by atoms with Gasteiger partial charge in [-0.1, -0.05) is 18.5 Å². The Hall–Kier alpha value is -2.35. The number of halogens is 3. The Kier molecular flexibility index (Phi) is 7.01. The summed E-state index contributed by atoms with van der Waals surface area (Å²) in [6.45, 7) is 4.79. The number of nitrogens with zero attached hydrogens (tertiary/aromatic N) is 2. The minimum absolute atomic E-state index is 0.0878. The molecule has 9 heteroatoms. The lowest BCUT2D eigenvalue weighted by Crippen LogP contribution is -2.25. The highest BCUT2D eigenvalue weighted by molar-refractivity contribution is 6.31. The van der Waals surface area contributed by atoms with Gasteiger partial charge in [0.2, 0.25) is 5.91 Å². The van der Waals surface area contributed by atoms with Crippen molar-refractivity contribution in [3.63, 3.8) is 0 Å². The molecule has 1 aromatic heterocycles. The number of benzene rings is 1. The number of hydrogen-bond donors (Lipinski definition) is 1. The standard InChI is InChI=1S/C18H22ClF2N3O3/c1-5-26-15-8-13(6-7-14(15)27-18(20)21)22-17(25)10(2)9-24-12(4)16(19)11(3)23-24/h6-8,10,18H,5,9H2,1-4H3,(H,22,25). The van der Waals surface area contributed by atoms with Crippen LogP contribution in [0, 0.1) is 19.8 Å². The summed E-state index contributed by atoms with van der Waals surface area (Å²) in [6.07, 6.45) is 0. The van der Waals surface area contributed by atoms with Crippen molar-refractivity contribution >= 4 is 23.2 Å². The molecular weight excluding hydrogens is 380 g/mol. The van der Waals surface area contributed by atoms with E-state index in [-0.39, 0.29) is 24.0 Å². The summed E-state index contributed by atoms with van der Waals surface area (Å²) >= 11 is 6.13. The molecule has 1 aromatic carbocycles. The van der Waals surface area contributed by atoms with Crippen LogP contribution in [0.5, 0.6) is 11.5 Å². The molecule has 0 bridgehead atoms. The number of hydrogen-bond acceptors (Lipinski definition) is 4. The van der Waals surface area contributed by atoms with Crippen molar-refractivity contribution in [2.45, 2.75) is 40.9 Å². The number of aromatic nitrogens is 2. The molecule has 1 N–H and O–H groups in total. The zero-order valence-corrected chi connectivity index (χ0v) is 16.3. The number of aryl methyl sites for hydroxylation is 1. The maximum absolute atomic E-state index is 12.5. The van der Waals surface area contributed by atoms with Crippen LogP contribution in [0.15, 0.2) is 18.2 Å². The fourth-order valence-corrected chi connectivity index (χ4v) is 2.64. The van der Waals surface area contributed by atoms with Crippen LogP contribution in [0.1, 0.15) is 25.2 Å². The highest BCUT2D eigenvalue weighted by atomic mass is 35.5. The fourth-order valence-electron chi connectivity index (χ4n) is 2.51. The molecule has 0 saturated heterocycles. The molecule has 27 heavy (non-hydrogen) atoms. The largest absolute Gasteiger partial charge is 0.490 e. The van der Waals surface area contributed by atoms with Crippen LogP contribution >= 0.6 is 11.6 Å². The highest BCUT2D eigenvalue weighted by Gasteiger charge is 2.19. The van der Waals surface area contributed by atoms with E-state index in [0.717, 1.165) is 5.69 Å². The van der Waals surface area contributed by atoms with E-state index in [1.807, 2.05) is 6.92 Å². The van der Waals surface area contributed by atoms with Crippen molar-refractivity contribution in [1.82, 2.24) is 9.78 Å². The van der Waals surface area contributed by atoms with Gasteiger partial charge in [-0.25, -0.2) is 0 Å². The lowest BCUT2D eigenvalue weighted by Gasteiger charge is -2.16. The first-order chi connectivity index (χ1) is 12.7. The van der Waals surface area contributed by atoms with Gasteiger partial charge in [0.05, 0.1) is 35.5 Å². The van der Waals surface area contributed by atoms with Crippen LogP contribution in [-0.4, -0.2) is 28.9 Å². The number of anilines is 1. The first kappa shape index (κ1) is 21.0. The van der Waals surface area contributed by atoms with Gasteiger partial charge in [-0.2, -0.15) is 13.9 Å². The molecule has 1 amide bonds. The Balaban J connectivity index is 2.09. The monoisotopic (exact) mass is 401 g/mol. The maximum atomic E-state index is 12.5. The van der Waals surface area contributed by atoms with Gasteiger partial charge in [0, 0.05) is 11.8 Å². The molecule has 0 aliphatic rings. The second kappa shape index (κ2) is 9.03. The summed E-state index contributed by atoms with van der Waals surface area (Å²) < 4.78 is 36.3. The lowest BCUT2D eigenvalue weighted by atomic mass is 10.1. The van der Waals surface area contributed by atoms with Crippen LogP contribution in [0.2, 0.25) is 5.02 Å². The molecule has 1 atom stereocenters. The van der Waals surface area contributed by atoms with Gasteiger partial charge in [0.25, 0.3) is 0 Å². The van der Waals surface area contributed by atoms with Crippen LogP contribution in [0.25, 0.3) is 0 Å². The molecule has 1 heterocycles. The van der Waals surface area contributed by atoms with E-state index in [2.05, 4.69) is 15.2 Å². The van der Waals surface area contributed by atoms with Gasteiger partial charge >= 0.3 is 6.61 Å². The van der Waals surface area contributed by atoms with Crippen LogP contribution in [-0.2, 0) is 11.3 Å². The molecule has 0 fully saturated rings. The van der Waals surface area contributed by atoms with E-state index in [1.54, 1.807) is 25.5 Å². The third kappa shape index (κ3) is 5.32. The van der Waals surface area contributed by atoms with E-state index in [9.17, 15) is 13.6 Å². The average Bonchev–Trinajstić information content (AvgIpc) is 2.84. The van der Waals surface area contributed by atoms with Crippen molar-refractivity contribution < 1.29 is 23.0 Å². The molecule has 0 radical (unpaired) electrons. The Bertz CT molecular complexity index is 811. The van der Waals surface area contributed by atoms with Crippen molar-refractivity contribution in [2.24, 2.45) is 5.92 Å². The van der Waals surface area contributed by atoms with Crippen molar-refractivity contribution in [3.8, 4) is 11.5 Å². The van der Waals surface area contributed by atoms with Gasteiger partial charge in [0.1, 0.15) is 0 Å². The zero-order valence-electron chi connectivity index (χ0n) is 15.6. The first-order valence-corrected chi connectivity index (χ1v) is 8.82. The van der Waals surface area contributed by atoms with Crippen molar-refractivity contribution in [3.05, 3.63) is 34.6 Å². The summed E-state index contributed by atoms with van der Waals surface area (Å²) in [5.74, 6) is -0.598. The SMILES string of the molecule is CCOc1cc(NC(=O)C(C)Cn2nc(C)c(Cl)c2C)ccc1OC(F)F. The minimum atomic E-state index is -2.96. The average molecular weight is 402 g/mol. The Morgan fingerprint density at radius 3 is 2.59 bits per heavy atom. The van der Waals surface area contributed by atoms with E-state index in [1.165, 1.54) is 18.2 Å². The fraction of sp³-hybridized carbons (Fsp3) is 0.444. The molecule has 148 valence electrons. The van der Waals surface area contributed by atoms with Crippen LogP contribution in [0.3, 0.4) is 0 Å². The van der Waals surface area contributed by atoms with Gasteiger partial charge in [-0.15, -0.1) is 0 Å². The molecule has 2 rings (SSSR count). The number of nitrogens with one attached hydrogen (secondary N) is 1. The number of carbonyl (C=O) groups is 1. The van der Waals surface area contributed by atoms with Crippen molar-refractivity contribution in [1.29, 1.82) is 0 Å². The molecule has 2 aromatic rings.